The molecule has 0 bridgehead atoms. The summed E-state index contributed by atoms with van der Waals surface area (Å²) in [6, 6.07) is 12.2. The summed E-state index contributed by atoms with van der Waals surface area (Å²) >= 11 is 0. The van der Waals surface area contributed by atoms with Gasteiger partial charge in [-0.3, -0.25) is 14.5 Å². The minimum Gasteiger partial charge on any atom is -0.351 e. The molecule has 1 N–H and O–H groups in total. The molecule has 1 saturated carbocycles. The van der Waals surface area contributed by atoms with Gasteiger partial charge in [0, 0.05) is 17.9 Å². The summed E-state index contributed by atoms with van der Waals surface area (Å²) in [5, 5.41) is 12.4. The zero-order chi connectivity index (χ0) is 19.7. The summed E-state index contributed by atoms with van der Waals surface area (Å²) in [4.78, 5) is 27.8. The second kappa shape index (κ2) is 7.51. The van der Waals surface area contributed by atoms with Crippen LogP contribution in [0.15, 0.2) is 42.6 Å². The number of carbonyl (C=O) groups is 2. The first-order valence-corrected chi connectivity index (χ1v) is 9.84. The molecule has 2 aliphatic rings. The minimum atomic E-state index is -0.732. The van der Waals surface area contributed by atoms with E-state index in [2.05, 4.69) is 18.3 Å². The minimum absolute atomic E-state index is 0.149. The molecule has 4 rings (SSSR count). The Morgan fingerprint density at radius 3 is 2.71 bits per heavy atom. The van der Waals surface area contributed by atoms with Crippen molar-refractivity contribution in [2.24, 2.45) is 5.92 Å². The standard InChI is InChI=1S/C22H24N4O2/c1-15-7-9-17(10-8-15)24-22(28)21-19-6-3-11-25(19)14-20(27)26(21)18-5-2-4-16(12-18)13-23/h2-6,11-12,15,17,21H,7-10,14H2,1H3,(H,24,28)/t15?,17?,21-/m1/s1. The Morgan fingerprint density at radius 2 is 1.96 bits per heavy atom. The molecule has 1 aliphatic heterocycles. The van der Waals surface area contributed by atoms with Gasteiger partial charge in [0.2, 0.25) is 11.8 Å². The summed E-state index contributed by atoms with van der Waals surface area (Å²) in [5.41, 5.74) is 1.84. The fourth-order valence-corrected chi connectivity index (χ4v) is 4.27. The smallest absolute Gasteiger partial charge is 0.249 e. The van der Waals surface area contributed by atoms with Crippen molar-refractivity contribution in [3.8, 4) is 6.07 Å². The number of carbonyl (C=O) groups excluding carboxylic acids is 2. The van der Waals surface area contributed by atoms with E-state index in [1.54, 1.807) is 24.3 Å². The lowest BCUT2D eigenvalue weighted by molar-refractivity contribution is -0.128. The Balaban J connectivity index is 1.67. The summed E-state index contributed by atoms with van der Waals surface area (Å²) in [7, 11) is 0. The molecule has 28 heavy (non-hydrogen) atoms. The largest absolute Gasteiger partial charge is 0.351 e. The van der Waals surface area contributed by atoms with E-state index in [9.17, 15) is 14.9 Å². The normalized spacial score (nSPS) is 24.4. The highest BCUT2D eigenvalue weighted by Gasteiger charge is 2.39. The van der Waals surface area contributed by atoms with E-state index in [1.807, 2.05) is 22.9 Å². The zero-order valence-electron chi connectivity index (χ0n) is 16.0. The number of rotatable bonds is 3. The number of anilines is 1. The molecule has 2 amide bonds. The van der Waals surface area contributed by atoms with Gasteiger partial charge in [-0.1, -0.05) is 13.0 Å². The fourth-order valence-electron chi connectivity index (χ4n) is 4.27. The first kappa shape index (κ1) is 18.3. The highest BCUT2D eigenvalue weighted by Crippen LogP contribution is 2.33. The van der Waals surface area contributed by atoms with Crippen LogP contribution < -0.4 is 10.2 Å². The number of hydrogen-bond donors (Lipinski definition) is 1. The molecule has 0 spiro atoms. The predicted molar refractivity (Wildman–Crippen MR) is 105 cm³/mol. The van der Waals surface area contributed by atoms with E-state index in [0.29, 0.717) is 17.2 Å². The van der Waals surface area contributed by atoms with Crippen LogP contribution in [0, 0.1) is 17.2 Å². The van der Waals surface area contributed by atoms with E-state index < -0.39 is 6.04 Å². The fraction of sp³-hybridized carbons (Fsp3) is 0.409. The number of nitriles is 1. The third-order valence-corrected chi connectivity index (χ3v) is 5.84. The van der Waals surface area contributed by atoms with Crippen LogP contribution in [-0.2, 0) is 16.1 Å². The molecule has 6 heteroatoms. The van der Waals surface area contributed by atoms with Gasteiger partial charge < -0.3 is 9.88 Å². The van der Waals surface area contributed by atoms with Crippen molar-refractivity contribution >= 4 is 17.5 Å². The van der Waals surface area contributed by atoms with Crippen LogP contribution in [0.4, 0.5) is 5.69 Å². The van der Waals surface area contributed by atoms with Crippen molar-refractivity contribution < 1.29 is 9.59 Å². The third-order valence-electron chi connectivity index (χ3n) is 5.84. The van der Waals surface area contributed by atoms with Crippen LogP contribution in [0.1, 0.15) is 49.9 Å². The number of fused-ring (bicyclic) bond motifs is 1. The third kappa shape index (κ3) is 3.40. The zero-order valence-corrected chi connectivity index (χ0v) is 16.0. The molecule has 1 aromatic heterocycles. The molecule has 6 nitrogen and oxygen atoms in total. The second-order valence-electron chi connectivity index (χ2n) is 7.85. The maximum Gasteiger partial charge on any atom is 0.249 e. The number of nitrogens with zero attached hydrogens (tertiary/aromatic N) is 3. The highest BCUT2D eigenvalue weighted by molar-refractivity contribution is 6.02. The van der Waals surface area contributed by atoms with Crippen molar-refractivity contribution in [1.82, 2.24) is 9.88 Å². The Hall–Kier alpha value is -3.07. The van der Waals surface area contributed by atoms with Gasteiger partial charge in [0.25, 0.3) is 0 Å². The molecule has 144 valence electrons. The quantitative estimate of drug-likeness (QED) is 0.894. The Kier molecular flexibility index (Phi) is 4.91. The molecule has 0 unspecified atom stereocenters. The summed E-state index contributed by atoms with van der Waals surface area (Å²) in [5.74, 6) is 0.387. The van der Waals surface area contributed by atoms with E-state index in [1.165, 1.54) is 4.90 Å². The van der Waals surface area contributed by atoms with Gasteiger partial charge in [-0.25, -0.2) is 0 Å². The molecule has 2 aromatic rings. The maximum atomic E-state index is 13.3. The molecule has 1 aromatic carbocycles. The van der Waals surface area contributed by atoms with Gasteiger partial charge in [-0.05, 0) is 61.9 Å². The van der Waals surface area contributed by atoms with Crippen LogP contribution in [0.25, 0.3) is 0 Å². The van der Waals surface area contributed by atoms with Crippen molar-refractivity contribution in [2.45, 2.75) is 51.2 Å². The first-order valence-electron chi connectivity index (χ1n) is 9.84. The van der Waals surface area contributed by atoms with Gasteiger partial charge in [0.05, 0.1) is 17.3 Å². The number of amides is 2. The van der Waals surface area contributed by atoms with Gasteiger partial charge in [-0.15, -0.1) is 0 Å². The van der Waals surface area contributed by atoms with Crippen LogP contribution in [0.5, 0.6) is 0 Å². The molecule has 1 atom stereocenters. The lowest BCUT2D eigenvalue weighted by atomic mass is 9.87. The van der Waals surface area contributed by atoms with Crippen LogP contribution in [0.3, 0.4) is 0 Å². The topological polar surface area (TPSA) is 78.1 Å². The van der Waals surface area contributed by atoms with Gasteiger partial charge in [0.15, 0.2) is 6.04 Å². The Bertz CT molecular complexity index is 934. The summed E-state index contributed by atoms with van der Waals surface area (Å²) < 4.78 is 1.83. The van der Waals surface area contributed by atoms with Gasteiger partial charge in [-0.2, -0.15) is 5.26 Å². The van der Waals surface area contributed by atoms with E-state index in [0.717, 1.165) is 31.4 Å². The number of nitrogens with one attached hydrogen (secondary N) is 1. The second-order valence-corrected chi connectivity index (χ2v) is 7.85. The molecule has 0 saturated heterocycles. The predicted octanol–water partition coefficient (Wildman–Crippen LogP) is 3.14. The first-order chi connectivity index (χ1) is 13.6. The van der Waals surface area contributed by atoms with E-state index >= 15 is 0 Å². The number of benzene rings is 1. The molecular weight excluding hydrogens is 352 g/mol. The summed E-state index contributed by atoms with van der Waals surface area (Å²) in [6.07, 6.45) is 5.99. The number of aromatic nitrogens is 1. The van der Waals surface area contributed by atoms with Crippen molar-refractivity contribution in [1.29, 1.82) is 5.26 Å². The van der Waals surface area contributed by atoms with Crippen molar-refractivity contribution in [3.63, 3.8) is 0 Å². The molecule has 1 aliphatic carbocycles. The SMILES string of the molecule is CC1CCC(NC(=O)[C@H]2c3cccn3CC(=O)N2c2cccc(C#N)c2)CC1. The van der Waals surface area contributed by atoms with Crippen molar-refractivity contribution in [3.05, 3.63) is 53.9 Å². The molecule has 1 fully saturated rings. The van der Waals surface area contributed by atoms with Crippen LogP contribution in [-0.4, -0.2) is 22.4 Å². The maximum absolute atomic E-state index is 13.3. The average molecular weight is 376 g/mol. The lowest BCUT2D eigenvalue weighted by Crippen LogP contribution is -2.51. The summed E-state index contributed by atoms with van der Waals surface area (Å²) in [6.45, 7) is 2.43. The number of hydrogen-bond acceptors (Lipinski definition) is 3. The van der Waals surface area contributed by atoms with Crippen molar-refractivity contribution in [2.75, 3.05) is 4.90 Å². The Morgan fingerprint density at radius 1 is 1.18 bits per heavy atom. The highest BCUT2D eigenvalue weighted by atomic mass is 16.2. The van der Waals surface area contributed by atoms with Crippen LogP contribution >= 0.6 is 0 Å². The Labute approximate surface area is 164 Å². The van der Waals surface area contributed by atoms with Crippen LogP contribution in [0.2, 0.25) is 0 Å². The molecular formula is C22H24N4O2. The average Bonchev–Trinajstić information content (AvgIpc) is 3.16. The van der Waals surface area contributed by atoms with Gasteiger partial charge in [0.1, 0.15) is 6.54 Å². The van der Waals surface area contributed by atoms with E-state index in [-0.39, 0.29) is 24.4 Å². The molecule has 0 radical (unpaired) electrons. The van der Waals surface area contributed by atoms with E-state index in [4.69, 9.17) is 0 Å². The lowest BCUT2D eigenvalue weighted by Gasteiger charge is -2.37. The van der Waals surface area contributed by atoms with Gasteiger partial charge >= 0.3 is 0 Å². The monoisotopic (exact) mass is 376 g/mol. The molecule has 2 heterocycles.